The van der Waals surface area contributed by atoms with E-state index in [0.717, 1.165) is 50.8 Å². The van der Waals surface area contributed by atoms with E-state index in [1.54, 1.807) is 0 Å². The highest BCUT2D eigenvalue weighted by atomic mass is 16.5. The molecule has 0 bridgehead atoms. The first kappa shape index (κ1) is 12.8. The SMILES string of the molecule is c1cc2c(cc1CNCC1CCCO1)OCCCO2. The maximum absolute atomic E-state index is 5.69. The van der Waals surface area contributed by atoms with Gasteiger partial charge in [-0.05, 0) is 30.5 Å². The third-order valence-corrected chi connectivity index (χ3v) is 3.54. The average molecular weight is 263 g/mol. The maximum atomic E-state index is 5.69. The van der Waals surface area contributed by atoms with Crippen molar-refractivity contribution in [2.75, 3.05) is 26.4 Å². The van der Waals surface area contributed by atoms with Crippen LogP contribution in [0.5, 0.6) is 11.5 Å². The molecule has 1 aromatic carbocycles. The zero-order chi connectivity index (χ0) is 12.9. The van der Waals surface area contributed by atoms with Crippen molar-refractivity contribution >= 4 is 0 Å². The second-order valence-electron chi connectivity index (χ2n) is 5.10. The molecule has 1 aromatic rings. The van der Waals surface area contributed by atoms with Crippen LogP contribution in [-0.4, -0.2) is 32.5 Å². The highest BCUT2D eigenvalue weighted by Gasteiger charge is 2.15. The number of hydrogen-bond donors (Lipinski definition) is 1. The van der Waals surface area contributed by atoms with Gasteiger partial charge in [0.05, 0.1) is 19.3 Å². The lowest BCUT2D eigenvalue weighted by Crippen LogP contribution is -2.25. The topological polar surface area (TPSA) is 39.7 Å². The Hall–Kier alpha value is -1.26. The first-order valence-electron chi connectivity index (χ1n) is 7.13. The Kier molecular flexibility index (Phi) is 4.20. The van der Waals surface area contributed by atoms with E-state index in [2.05, 4.69) is 17.4 Å². The van der Waals surface area contributed by atoms with Crippen LogP contribution >= 0.6 is 0 Å². The molecule has 2 aliphatic heterocycles. The Morgan fingerprint density at radius 3 is 2.79 bits per heavy atom. The van der Waals surface area contributed by atoms with Crippen LogP contribution in [0.4, 0.5) is 0 Å². The zero-order valence-corrected chi connectivity index (χ0v) is 11.2. The van der Waals surface area contributed by atoms with Crippen LogP contribution in [0.25, 0.3) is 0 Å². The Morgan fingerprint density at radius 1 is 1.05 bits per heavy atom. The number of rotatable bonds is 4. The van der Waals surface area contributed by atoms with Crippen LogP contribution in [-0.2, 0) is 11.3 Å². The molecule has 3 rings (SSSR count). The Bertz CT molecular complexity index is 416. The summed E-state index contributed by atoms with van der Waals surface area (Å²) in [6.45, 7) is 4.16. The van der Waals surface area contributed by atoms with Gasteiger partial charge in [-0.25, -0.2) is 0 Å². The van der Waals surface area contributed by atoms with Crippen molar-refractivity contribution < 1.29 is 14.2 Å². The van der Waals surface area contributed by atoms with Gasteiger partial charge in [0.1, 0.15) is 0 Å². The lowest BCUT2D eigenvalue weighted by atomic mass is 10.2. The van der Waals surface area contributed by atoms with Gasteiger partial charge < -0.3 is 19.5 Å². The van der Waals surface area contributed by atoms with Gasteiger partial charge in [-0.3, -0.25) is 0 Å². The average Bonchev–Trinajstić information content (AvgIpc) is 2.83. The largest absolute Gasteiger partial charge is 0.490 e. The lowest BCUT2D eigenvalue weighted by Gasteiger charge is -2.12. The summed E-state index contributed by atoms with van der Waals surface area (Å²) in [7, 11) is 0. The minimum absolute atomic E-state index is 0.389. The summed E-state index contributed by atoms with van der Waals surface area (Å²) in [5.41, 5.74) is 1.22. The number of ether oxygens (including phenoxy) is 3. The molecule has 1 fully saturated rings. The molecule has 0 aliphatic carbocycles. The van der Waals surface area contributed by atoms with Gasteiger partial charge in [-0.2, -0.15) is 0 Å². The number of fused-ring (bicyclic) bond motifs is 1. The molecule has 2 heterocycles. The molecular formula is C15H21NO3. The van der Waals surface area contributed by atoms with Crippen LogP contribution in [0.15, 0.2) is 18.2 Å². The van der Waals surface area contributed by atoms with E-state index in [1.807, 2.05) is 6.07 Å². The van der Waals surface area contributed by atoms with Crippen LogP contribution in [0.1, 0.15) is 24.8 Å². The standard InChI is InChI=1S/C15H21NO3/c1-3-13(17-6-1)11-16-10-12-4-5-14-15(9-12)19-8-2-7-18-14/h4-5,9,13,16H,1-3,6-8,10-11H2. The van der Waals surface area contributed by atoms with E-state index in [-0.39, 0.29) is 0 Å². The summed E-state index contributed by atoms with van der Waals surface area (Å²) in [6, 6.07) is 6.17. The molecule has 1 N–H and O–H groups in total. The number of nitrogens with one attached hydrogen (secondary N) is 1. The van der Waals surface area contributed by atoms with E-state index in [4.69, 9.17) is 14.2 Å². The molecule has 0 amide bonds. The smallest absolute Gasteiger partial charge is 0.161 e. The van der Waals surface area contributed by atoms with Gasteiger partial charge in [0.25, 0.3) is 0 Å². The van der Waals surface area contributed by atoms with Gasteiger partial charge in [0.15, 0.2) is 11.5 Å². The summed E-state index contributed by atoms with van der Waals surface area (Å²) < 4.78 is 16.9. The van der Waals surface area contributed by atoms with Crippen LogP contribution in [0.3, 0.4) is 0 Å². The summed E-state index contributed by atoms with van der Waals surface area (Å²) in [5.74, 6) is 1.73. The molecule has 2 aliphatic rings. The van der Waals surface area contributed by atoms with E-state index < -0.39 is 0 Å². The molecule has 0 spiro atoms. The van der Waals surface area contributed by atoms with Gasteiger partial charge in [0, 0.05) is 26.1 Å². The fraction of sp³-hybridized carbons (Fsp3) is 0.600. The van der Waals surface area contributed by atoms with E-state index in [9.17, 15) is 0 Å². The molecule has 0 radical (unpaired) electrons. The van der Waals surface area contributed by atoms with Gasteiger partial charge in [0.2, 0.25) is 0 Å². The van der Waals surface area contributed by atoms with Crippen molar-refractivity contribution in [1.82, 2.24) is 5.32 Å². The lowest BCUT2D eigenvalue weighted by molar-refractivity contribution is 0.110. The van der Waals surface area contributed by atoms with Crippen molar-refractivity contribution in [3.8, 4) is 11.5 Å². The predicted molar refractivity (Wildman–Crippen MR) is 72.7 cm³/mol. The first-order chi connectivity index (χ1) is 9.42. The third-order valence-electron chi connectivity index (χ3n) is 3.54. The van der Waals surface area contributed by atoms with Gasteiger partial charge >= 0.3 is 0 Å². The fourth-order valence-corrected chi connectivity index (χ4v) is 2.50. The van der Waals surface area contributed by atoms with Crippen LogP contribution in [0, 0.1) is 0 Å². The molecular weight excluding hydrogens is 242 g/mol. The number of benzene rings is 1. The highest BCUT2D eigenvalue weighted by Crippen LogP contribution is 2.30. The summed E-state index contributed by atoms with van der Waals surface area (Å²) in [4.78, 5) is 0. The normalized spacial score (nSPS) is 22.2. The molecule has 0 saturated carbocycles. The van der Waals surface area contributed by atoms with Crippen molar-refractivity contribution in [1.29, 1.82) is 0 Å². The Balaban J connectivity index is 1.54. The monoisotopic (exact) mass is 263 g/mol. The first-order valence-corrected chi connectivity index (χ1v) is 7.13. The number of hydrogen-bond acceptors (Lipinski definition) is 4. The van der Waals surface area contributed by atoms with Crippen LogP contribution in [0.2, 0.25) is 0 Å². The van der Waals surface area contributed by atoms with Crippen molar-refractivity contribution in [2.24, 2.45) is 0 Å². The van der Waals surface area contributed by atoms with E-state index in [0.29, 0.717) is 6.10 Å². The summed E-state index contributed by atoms with van der Waals surface area (Å²) in [6.07, 6.45) is 3.70. The molecule has 104 valence electrons. The van der Waals surface area contributed by atoms with Crippen molar-refractivity contribution in [3.63, 3.8) is 0 Å². The van der Waals surface area contributed by atoms with E-state index >= 15 is 0 Å². The summed E-state index contributed by atoms with van der Waals surface area (Å²) in [5, 5.41) is 3.44. The summed E-state index contributed by atoms with van der Waals surface area (Å²) >= 11 is 0. The minimum atomic E-state index is 0.389. The highest BCUT2D eigenvalue weighted by molar-refractivity contribution is 5.43. The van der Waals surface area contributed by atoms with Gasteiger partial charge in [-0.1, -0.05) is 6.07 Å². The molecule has 1 saturated heterocycles. The molecule has 19 heavy (non-hydrogen) atoms. The third kappa shape index (κ3) is 3.39. The minimum Gasteiger partial charge on any atom is -0.490 e. The maximum Gasteiger partial charge on any atom is 0.161 e. The van der Waals surface area contributed by atoms with Crippen molar-refractivity contribution in [3.05, 3.63) is 23.8 Å². The molecule has 0 aromatic heterocycles. The molecule has 1 unspecified atom stereocenters. The second-order valence-corrected chi connectivity index (χ2v) is 5.10. The molecule has 4 nitrogen and oxygen atoms in total. The predicted octanol–water partition coefficient (Wildman–Crippen LogP) is 2.12. The van der Waals surface area contributed by atoms with E-state index in [1.165, 1.54) is 18.4 Å². The van der Waals surface area contributed by atoms with Crippen LogP contribution < -0.4 is 14.8 Å². The van der Waals surface area contributed by atoms with Gasteiger partial charge in [-0.15, -0.1) is 0 Å². The Morgan fingerprint density at radius 2 is 1.95 bits per heavy atom. The Labute approximate surface area is 114 Å². The quantitative estimate of drug-likeness (QED) is 0.903. The second kappa shape index (κ2) is 6.26. The fourth-order valence-electron chi connectivity index (χ4n) is 2.50. The molecule has 1 atom stereocenters. The molecule has 4 heteroatoms. The van der Waals surface area contributed by atoms with Crippen molar-refractivity contribution in [2.45, 2.75) is 31.9 Å². The zero-order valence-electron chi connectivity index (χ0n) is 11.2.